The van der Waals surface area contributed by atoms with E-state index in [0.717, 1.165) is 5.56 Å². The molecule has 1 aliphatic rings. The molecule has 0 bridgehead atoms. The average Bonchev–Trinajstić information content (AvgIpc) is 2.45. The van der Waals surface area contributed by atoms with E-state index in [1.165, 1.54) is 12.1 Å². The Morgan fingerprint density at radius 3 is 2.30 bits per heavy atom. The number of carbonyl (C=O) groups excluding carboxylic acids is 1. The Bertz CT molecular complexity index is 520. The number of morpholine rings is 1. The lowest BCUT2D eigenvalue weighted by Crippen LogP contribution is -2.53. The highest BCUT2D eigenvalue weighted by Crippen LogP contribution is 2.20. The molecule has 1 saturated heterocycles. The summed E-state index contributed by atoms with van der Waals surface area (Å²) < 4.78 is 46.3. The zero-order valence-corrected chi connectivity index (χ0v) is 13.1. The first-order valence-electron chi connectivity index (χ1n) is 7.43. The molecule has 2 atom stereocenters. The van der Waals surface area contributed by atoms with Gasteiger partial charge in [-0.05, 0) is 31.5 Å². The number of amides is 1. The van der Waals surface area contributed by atoms with Crippen LogP contribution in [0, 0.1) is 0 Å². The third-order valence-electron chi connectivity index (χ3n) is 3.64. The van der Waals surface area contributed by atoms with Crippen LogP contribution in [0.15, 0.2) is 24.3 Å². The van der Waals surface area contributed by atoms with Crippen molar-refractivity contribution >= 4 is 5.91 Å². The summed E-state index contributed by atoms with van der Waals surface area (Å²) in [5.41, 5.74) is 0.736. The minimum atomic E-state index is -4.36. The highest BCUT2D eigenvalue weighted by Gasteiger charge is 2.30. The molecule has 0 N–H and O–H groups in total. The molecule has 1 aromatic rings. The lowest BCUT2D eigenvalue weighted by atomic mass is 10.1. The predicted molar refractivity (Wildman–Crippen MR) is 78.3 cm³/mol. The minimum Gasteiger partial charge on any atom is -0.484 e. The minimum absolute atomic E-state index is 0.0145. The lowest BCUT2D eigenvalue weighted by molar-refractivity contribution is -0.153. The van der Waals surface area contributed by atoms with Crippen molar-refractivity contribution < 1.29 is 27.4 Å². The number of carbonyl (C=O) groups is 1. The zero-order chi connectivity index (χ0) is 17.0. The van der Waals surface area contributed by atoms with Crippen molar-refractivity contribution in [2.75, 3.05) is 19.8 Å². The van der Waals surface area contributed by atoms with Crippen molar-refractivity contribution in [3.63, 3.8) is 0 Å². The van der Waals surface area contributed by atoms with E-state index in [-0.39, 0.29) is 30.2 Å². The van der Waals surface area contributed by atoms with E-state index in [1.807, 2.05) is 13.8 Å². The predicted octanol–water partition coefficient (Wildman–Crippen LogP) is 2.81. The molecule has 23 heavy (non-hydrogen) atoms. The summed E-state index contributed by atoms with van der Waals surface area (Å²) in [5, 5.41) is 0. The van der Waals surface area contributed by atoms with Crippen LogP contribution in [-0.4, -0.2) is 48.9 Å². The van der Waals surface area contributed by atoms with Crippen molar-refractivity contribution in [1.82, 2.24) is 4.90 Å². The van der Waals surface area contributed by atoms with E-state index >= 15 is 0 Å². The van der Waals surface area contributed by atoms with Gasteiger partial charge in [-0.3, -0.25) is 4.79 Å². The van der Waals surface area contributed by atoms with Gasteiger partial charge < -0.3 is 14.4 Å². The standard InChI is InChI=1S/C16H20F3NO3/c1-11-8-22-9-12(2)20(11)15(21)7-13-3-5-14(6-4-13)23-10-16(17,18)19/h3-6,11-12H,7-10H2,1-2H3. The van der Waals surface area contributed by atoms with Gasteiger partial charge in [-0.25, -0.2) is 0 Å². The molecule has 4 nitrogen and oxygen atoms in total. The molecular weight excluding hydrogens is 311 g/mol. The van der Waals surface area contributed by atoms with Gasteiger partial charge in [0.15, 0.2) is 6.61 Å². The molecule has 1 amide bonds. The maximum atomic E-state index is 12.4. The van der Waals surface area contributed by atoms with Crippen molar-refractivity contribution in [1.29, 1.82) is 0 Å². The van der Waals surface area contributed by atoms with Gasteiger partial charge in [0.1, 0.15) is 5.75 Å². The average molecular weight is 331 g/mol. The highest BCUT2D eigenvalue weighted by molar-refractivity contribution is 5.79. The first-order valence-corrected chi connectivity index (χ1v) is 7.43. The smallest absolute Gasteiger partial charge is 0.422 e. The molecule has 7 heteroatoms. The van der Waals surface area contributed by atoms with E-state index in [1.54, 1.807) is 17.0 Å². The van der Waals surface area contributed by atoms with Gasteiger partial charge in [0.2, 0.25) is 5.91 Å². The molecule has 1 aliphatic heterocycles. The van der Waals surface area contributed by atoms with Crippen LogP contribution in [0.2, 0.25) is 0 Å². The number of ether oxygens (including phenoxy) is 2. The summed E-state index contributed by atoms with van der Waals surface area (Å²) >= 11 is 0. The maximum absolute atomic E-state index is 12.4. The Balaban J connectivity index is 1.93. The summed E-state index contributed by atoms with van der Waals surface area (Å²) in [5.74, 6) is 0.115. The molecule has 0 aromatic heterocycles. The molecule has 1 fully saturated rings. The molecule has 2 unspecified atom stereocenters. The number of alkyl halides is 3. The van der Waals surface area contributed by atoms with Crippen LogP contribution in [0.4, 0.5) is 13.2 Å². The molecule has 0 aliphatic carbocycles. The van der Waals surface area contributed by atoms with Crippen LogP contribution >= 0.6 is 0 Å². The third-order valence-corrected chi connectivity index (χ3v) is 3.64. The topological polar surface area (TPSA) is 38.8 Å². The SMILES string of the molecule is CC1COCC(C)N1C(=O)Cc1ccc(OCC(F)(F)F)cc1. The van der Waals surface area contributed by atoms with E-state index < -0.39 is 12.8 Å². The van der Waals surface area contributed by atoms with Gasteiger partial charge in [0.25, 0.3) is 0 Å². The number of hydrogen-bond donors (Lipinski definition) is 0. The number of benzene rings is 1. The Kier molecular flexibility index (Phi) is 5.51. The van der Waals surface area contributed by atoms with Crippen molar-refractivity contribution in [2.24, 2.45) is 0 Å². The first-order chi connectivity index (χ1) is 10.8. The normalized spacial score (nSPS) is 22.0. The van der Waals surface area contributed by atoms with Crippen molar-refractivity contribution in [3.05, 3.63) is 29.8 Å². The van der Waals surface area contributed by atoms with E-state index in [4.69, 9.17) is 4.74 Å². The van der Waals surface area contributed by atoms with Crippen LogP contribution in [-0.2, 0) is 16.0 Å². The number of nitrogens with zero attached hydrogens (tertiary/aromatic N) is 1. The fourth-order valence-corrected chi connectivity index (χ4v) is 2.63. The molecule has 128 valence electrons. The second kappa shape index (κ2) is 7.21. The summed E-state index contributed by atoms with van der Waals surface area (Å²) in [7, 11) is 0. The fourth-order valence-electron chi connectivity index (χ4n) is 2.63. The summed E-state index contributed by atoms with van der Waals surface area (Å²) in [6.07, 6.45) is -4.16. The maximum Gasteiger partial charge on any atom is 0.422 e. The van der Waals surface area contributed by atoms with Crippen molar-refractivity contribution in [3.8, 4) is 5.75 Å². The lowest BCUT2D eigenvalue weighted by Gasteiger charge is -2.38. The Morgan fingerprint density at radius 1 is 1.22 bits per heavy atom. The summed E-state index contributed by atoms with van der Waals surface area (Å²) in [4.78, 5) is 14.2. The molecule has 1 aromatic carbocycles. The summed E-state index contributed by atoms with van der Waals surface area (Å²) in [6.45, 7) is 3.57. The van der Waals surface area contributed by atoms with E-state index in [2.05, 4.69) is 4.74 Å². The Hall–Kier alpha value is -1.76. The van der Waals surface area contributed by atoms with Gasteiger partial charge in [0, 0.05) is 0 Å². The monoisotopic (exact) mass is 331 g/mol. The molecular formula is C16H20F3NO3. The number of rotatable bonds is 4. The molecule has 0 radical (unpaired) electrons. The fraction of sp³-hybridized carbons (Fsp3) is 0.562. The Morgan fingerprint density at radius 2 is 1.78 bits per heavy atom. The van der Waals surface area contributed by atoms with Gasteiger partial charge in [-0.2, -0.15) is 13.2 Å². The molecule has 0 saturated carbocycles. The number of halogens is 3. The quantitative estimate of drug-likeness (QED) is 0.852. The van der Waals surface area contributed by atoms with Crippen LogP contribution in [0.25, 0.3) is 0 Å². The largest absolute Gasteiger partial charge is 0.484 e. The Labute approximate surface area is 133 Å². The second-order valence-corrected chi connectivity index (χ2v) is 5.76. The van der Waals surface area contributed by atoms with Gasteiger partial charge in [0.05, 0.1) is 31.7 Å². The van der Waals surface area contributed by atoms with Crippen molar-refractivity contribution in [2.45, 2.75) is 38.5 Å². The highest BCUT2D eigenvalue weighted by atomic mass is 19.4. The van der Waals surface area contributed by atoms with Crippen LogP contribution in [0.3, 0.4) is 0 Å². The van der Waals surface area contributed by atoms with Crippen LogP contribution < -0.4 is 4.74 Å². The van der Waals surface area contributed by atoms with E-state index in [9.17, 15) is 18.0 Å². The van der Waals surface area contributed by atoms with Gasteiger partial charge in [-0.1, -0.05) is 12.1 Å². The van der Waals surface area contributed by atoms with E-state index in [0.29, 0.717) is 13.2 Å². The third kappa shape index (κ3) is 5.13. The summed E-state index contributed by atoms with van der Waals surface area (Å²) in [6, 6.07) is 6.14. The number of hydrogen-bond acceptors (Lipinski definition) is 3. The first kappa shape index (κ1) is 17.6. The van der Waals surface area contributed by atoms with Crippen LogP contribution in [0.5, 0.6) is 5.75 Å². The van der Waals surface area contributed by atoms with Gasteiger partial charge in [-0.15, -0.1) is 0 Å². The molecule has 2 rings (SSSR count). The molecule has 0 spiro atoms. The molecule has 1 heterocycles. The second-order valence-electron chi connectivity index (χ2n) is 5.76. The zero-order valence-electron chi connectivity index (χ0n) is 13.1. The van der Waals surface area contributed by atoms with Gasteiger partial charge >= 0.3 is 6.18 Å². The van der Waals surface area contributed by atoms with Crippen LogP contribution in [0.1, 0.15) is 19.4 Å².